The Bertz CT molecular complexity index is 1050. The highest BCUT2D eigenvalue weighted by molar-refractivity contribution is 5.91. The maximum absolute atomic E-state index is 13.5. The van der Waals surface area contributed by atoms with E-state index in [4.69, 9.17) is 9.72 Å². The Labute approximate surface area is 207 Å². The van der Waals surface area contributed by atoms with E-state index in [2.05, 4.69) is 22.0 Å². The van der Waals surface area contributed by atoms with Gasteiger partial charge in [0.25, 0.3) is 0 Å². The zero-order chi connectivity index (χ0) is 24.6. The summed E-state index contributed by atoms with van der Waals surface area (Å²) in [6.07, 6.45) is 8.09. The number of carbonyl (C=O) groups excluding carboxylic acids is 2. The van der Waals surface area contributed by atoms with Crippen LogP contribution in [0.4, 0.5) is 10.6 Å². The first kappa shape index (κ1) is 23.6. The molecule has 1 atom stereocenters. The van der Waals surface area contributed by atoms with Gasteiger partial charge in [0.2, 0.25) is 5.91 Å². The normalized spacial score (nSPS) is 21.7. The van der Waals surface area contributed by atoms with Gasteiger partial charge in [-0.3, -0.25) is 9.78 Å². The molecule has 1 unspecified atom stereocenters. The van der Waals surface area contributed by atoms with Gasteiger partial charge in [0.1, 0.15) is 11.4 Å². The topological polar surface area (TPSA) is 78.9 Å². The summed E-state index contributed by atoms with van der Waals surface area (Å²) < 4.78 is 5.49. The minimum absolute atomic E-state index is 0.240. The molecule has 8 heteroatoms. The molecule has 8 nitrogen and oxygen atoms in total. The predicted octanol–water partition coefficient (Wildman–Crippen LogP) is 3.58. The SMILES string of the molecule is CC(C)(C)OC(=O)N1CCN(c2ccc(C3(C(=O)N4CCC(c5cccnc5)C4)CC3)cn2)CC1. The highest BCUT2D eigenvalue weighted by atomic mass is 16.6. The van der Waals surface area contributed by atoms with Crippen molar-refractivity contribution in [2.75, 3.05) is 44.2 Å². The van der Waals surface area contributed by atoms with Crippen molar-refractivity contribution in [1.82, 2.24) is 19.8 Å². The number of carbonyl (C=O) groups is 2. The van der Waals surface area contributed by atoms with Crippen LogP contribution < -0.4 is 4.90 Å². The zero-order valence-corrected chi connectivity index (χ0v) is 20.9. The van der Waals surface area contributed by atoms with E-state index >= 15 is 0 Å². The number of hydrogen-bond donors (Lipinski definition) is 0. The highest BCUT2D eigenvalue weighted by Crippen LogP contribution is 2.50. The summed E-state index contributed by atoms with van der Waals surface area (Å²) in [5.74, 6) is 1.49. The van der Waals surface area contributed by atoms with Crippen molar-refractivity contribution in [1.29, 1.82) is 0 Å². The molecule has 0 aromatic carbocycles. The molecular formula is C27H35N5O3. The van der Waals surface area contributed by atoms with Crippen molar-refractivity contribution in [3.63, 3.8) is 0 Å². The van der Waals surface area contributed by atoms with Crippen LogP contribution in [-0.4, -0.2) is 76.6 Å². The molecule has 2 amide bonds. The van der Waals surface area contributed by atoms with Gasteiger partial charge in [-0.2, -0.15) is 0 Å². The second-order valence-electron chi connectivity index (χ2n) is 11.0. The van der Waals surface area contributed by atoms with Crippen LogP contribution in [0.3, 0.4) is 0 Å². The molecule has 5 rings (SSSR count). The Morgan fingerprint density at radius 2 is 1.77 bits per heavy atom. The first-order valence-corrected chi connectivity index (χ1v) is 12.6. The van der Waals surface area contributed by atoms with Gasteiger partial charge in [0.15, 0.2) is 0 Å². The molecule has 2 aromatic heterocycles. The minimum atomic E-state index is -0.490. The molecule has 3 fully saturated rings. The van der Waals surface area contributed by atoms with Gasteiger partial charge in [0, 0.05) is 63.8 Å². The number of rotatable bonds is 4. The molecular weight excluding hydrogens is 442 g/mol. The Balaban J connectivity index is 1.19. The van der Waals surface area contributed by atoms with Crippen LogP contribution in [0, 0.1) is 0 Å². The second kappa shape index (κ2) is 9.13. The number of piperazine rings is 1. The van der Waals surface area contributed by atoms with Crippen molar-refractivity contribution >= 4 is 17.8 Å². The molecule has 2 aromatic rings. The van der Waals surface area contributed by atoms with Crippen molar-refractivity contribution in [2.24, 2.45) is 0 Å². The number of nitrogens with zero attached hydrogens (tertiary/aromatic N) is 5. The van der Waals surface area contributed by atoms with E-state index in [0.717, 1.165) is 43.7 Å². The van der Waals surface area contributed by atoms with E-state index in [0.29, 0.717) is 32.1 Å². The standard InChI is InChI=1S/C27H35N5O3/c1-26(2,3)35-25(34)31-15-13-30(14-16-31)23-7-6-22(18-29-23)27(9-10-27)24(33)32-12-8-21(19-32)20-5-4-11-28-17-20/h4-7,11,17-18,21H,8-10,12-16,19H2,1-3H3. The number of hydrogen-bond acceptors (Lipinski definition) is 6. The summed E-state index contributed by atoms with van der Waals surface area (Å²) in [6, 6.07) is 8.16. The first-order valence-electron chi connectivity index (χ1n) is 12.6. The van der Waals surface area contributed by atoms with Crippen molar-refractivity contribution in [3.8, 4) is 0 Å². The van der Waals surface area contributed by atoms with Crippen LogP contribution in [-0.2, 0) is 14.9 Å². The average molecular weight is 478 g/mol. The van der Waals surface area contributed by atoms with Gasteiger partial charge in [-0.25, -0.2) is 9.78 Å². The van der Waals surface area contributed by atoms with Gasteiger partial charge < -0.3 is 19.4 Å². The van der Waals surface area contributed by atoms with Crippen LogP contribution in [0.25, 0.3) is 0 Å². The van der Waals surface area contributed by atoms with Crippen LogP contribution in [0.5, 0.6) is 0 Å². The second-order valence-corrected chi connectivity index (χ2v) is 11.0. The number of likely N-dealkylation sites (tertiary alicyclic amines) is 1. The number of anilines is 1. The van der Waals surface area contributed by atoms with Crippen LogP contribution >= 0.6 is 0 Å². The van der Waals surface area contributed by atoms with E-state index in [1.54, 1.807) is 11.1 Å². The molecule has 186 valence electrons. The lowest BCUT2D eigenvalue weighted by Gasteiger charge is -2.36. The Morgan fingerprint density at radius 3 is 2.37 bits per heavy atom. The third kappa shape index (κ3) is 4.97. The summed E-state index contributed by atoms with van der Waals surface area (Å²) >= 11 is 0. The Kier molecular flexibility index (Phi) is 6.15. The fourth-order valence-electron chi connectivity index (χ4n) is 5.19. The highest BCUT2D eigenvalue weighted by Gasteiger charge is 2.54. The van der Waals surface area contributed by atoms with E-state index in [9.17, 15) is 9.59 Å². The van der Waals surface area contributed by atoms with Gasteiger partial charge in [0.05, 0.1) is 5.41 Å². The average Bonchev–Trinajstić information content (AvgIpc) is 3.52. The smallest absolute Gasteiger partial charge is 0.410 e. The maximum Gasteiger partial charge on any atom is 0.410 e. The number of aromatic nitrogens is 2. The van der Waals surface area contributed by atoms with Crippen LogP contribution in [0.15, 0.2) is 42.9 Å². The molecule has 0 radical (unpaired) electrons. The molecule has 4 heterocycles. The van der Waals surface area contributed by atoms with Gasteiger partial charge in [-0.15, -0.1) is 0 Å². The van der Waals surface area contributed by atoms with Crippen molar-refractivity contribution in [3.05, 3.63) is 54.0 Å². The lowest BCUT2D eigenvalue weighted by Crippen LogP contribution is -2.50. The first-order chi connectivity index (χ1) is 16.7. The number of ether oxygens (including phenoxy) is 1. The fraction of sp³-hybridized carbons (Fsp3) is 0.556. The molecule has 35 heavy (non-hydrogen) atoms. The van der Waals surface area contributed by atoms with Crippen LogP contribution in [0.2, 0.25) is 0 Å². The third-order valence-corrected chi connectivity index (χ3v) is 7.35. The summed E-state index contributed by atoms with van der Waals surface area (Å²) in [7, 11) is 0. The molecule has 2 saturated heterocycles. The lowest BCUT2D eigenvalue weighted by molar-refractivity contribution is -0.132. The monoisotopic (exact) mass is 477 g/mol. The third-order valence-electron chi connectivity index (χ3n) is 7.35. The molecule has 0 spiro atoms. The summed E-state index contributed by atoms with van der Waals surface area (Å²) in [4.78, 5) is 40.8. The van der Waals surface area contributed by atoms with Gasteiger partial charge in [-0.1, -0.05) is 12.1 Å². The van der Waals surface area contributed by atoms with E-state index in [1.165, 1.54) is 5.56 Å². The lowest BCUT2D eigenvalue weighted by atomic mass is 9.95. The van der Waals surface area contributed by atoms with Gasteiger partial charge >= 0.3 is 6.09 Å². The zero-order valence-electron chi connectivity index (χ0n) is 20.9. The molecule has 0 bridgehead atoms. The molecule has 1 aliphatic carbocycles. The Morgan fingerprint density at radius 1 is 1.00 bits per heavy atom. The Hall–Kier alpha value is -3.16. The molecule has 3 aliphatic rings. The van der Waals surface area contributed by atoms with Crippen LogP contribution in [0.1, 0.15) is 57.1 Å². The van der Waals surface area contributed by atoms with E-state index in [-0.39, 0.29) is 12.0 Å². The molecule has 2 aliphatic heterocycles. The summed E-state index contributed by atoms with van der Waals surface area (Å²) in [5, 5.41) is 0. The predicted molar refractivity (Wildman–Crippen MR) is 133 cm³/mol. The minimum Gasteiger partial charge on any atom is -0.444 e. The maximum atomic E-state index is 13.5. The number of amides is 2. The van der Waals surface area contributed by atoms with E-state index < -0.39 is 11.0 Å². The summed E-state index contributed by atoms with van der Waals surface area (Å²) in [6.45, 7) is 9.83. The van der Waals surface area contributed by atoms with Crippen molar-refractivity contribution in [2.45, 2.75) is 57.0 Å². The van der Waals surface area contributed by atoms with Crippen molar-refractivity contribution < 1.29 is 14.3 Å². The summed E-state index contributed by atoms with van der Waals surface area (Å²) in [5.41, 5.74) is 1.33. The van der Waals surface area contributed by atoms with Gasteiger partial charge in [-0.05, 0) is 63.3 Å². The molecule has 1 saturated carbocycles. The quantitative estimate of drug-likeness (QED) is 0.670. The largest absolute Gasteiger partial charge is 0.444 e. The van der Waals surface area contributed by atoms with E-state index in [1.807, 2.05) is 50.2 Å². The molecule has 0 N–H and O–H groups in total. The fourth-order valence-corrected chi connectivity index (χ4v) is 5.19. The number of pyridine rings is 2.